The third-order valence-electron chi connectivity index (χ3n) is 3.68. The molecule has 0 atom stereocenters. The molecule has 0 radical (unpaired) electrons. The molecular formula is C18H21N3O2. The van der Waals surface area contributed by atoms with Gasteiger partial charge in [-0.3, -0.25) is 4.79 Å². The first-order valence-corrected chi connectivity index (χ1v) is 7.39. The van der Waals surface area contributed by atoms with E-state index in [1.54, 1.807) is 24.1 Å². The third kappa shape index (κ3) is 4.57. The van der Waals surface area contributed by atoms with Crippen molar-refractivity contribution >= 4 is 11.9 Å². The number of nitrogens with two attached hydrogens (primary N) is 1. The van der Waals surface area contributed by atoms with Crippen LogP contribution in [-0.4, -0.2) is 23.9 Å². The van der Waals surface area contributed by atoms with Gasteiger partial charge >= 0.3 is 6.03 Å². The Hall–Kier alpha value is -2.82. The molecule has 5 nitrogen and oxygen atoms in total. The van der Waals surface area contributed by atoms with E-state index in [0.717, 1.165) is 11.1 Å². The molecule has 0 spiro atoms. The van der Waals surface area contributed by atoms with Crippen molar-refractivity contribution in [1.82, 2.24) is 10.2 Å². The van der Waals surface area contributed by atoms with Crippen molar-refractivity contribution in [1.29, 1.82) is 0 Å². The Morgan fingerprint density at radius 2 is 1.74 bits per heavy atom. The predicted molar refractivity (Wildman–Crippen MR) is 89.8 cm³/mol. The maximum atomic E-state index is 12.5. The smallest absolute Gasteiger partial charge is 0.312 e. The fraction of sp³-hybridized carbons (Fsp3) is 0.222. The van der Waals surface area contributed by atoms with Gasteiger partial charge in [0.05, 0.1) is 0 Å². The van der Waals surface area contributed by atoms with Gasteiger partial charge in [0.2, 0.25) is 0 Å². The van der Waals surface area contributed by atoms with Gasteiger partial charge in [-0.1, -0.05) is 36.4 Å². The molecule has 0 bridgehead atoms. The number of primary amides is 1. The van der Waals surface area contributed by atoms with E-state index in [-0.39, 0.29) is 5.91 Å². The monoisotopic (exact) mass is 311 g/mol. The molecule has 2 rings (SSSR count). The van der Waals surface area contributed by atoms with Crippen LogP contribution in [0.1, 0.15) is 27.0 Å². The molecule has 23 heavy (non-hydrogen) atoms. The lowest BCUT2D eigenvalue weighted by Crippen LogP contribution is -2.28. The number of amides is 3. The van der Waals surface area contributed by atoms with Gasteiger partial charge < -0.3 is 16.0 Å². The van der Waals surface area contributed by atoms with E-state index in [2.05, 4.69) is 5.32 Å². The Balaban J connectivity index is 2.02. The molecule has 0 aromatic heterocycles. The van der Waals surface area contributed by atoms with Crippen molar-refractivity contribution in [3.05, 3.63) is 70.8 Å². The van der Waals surface area contributed by atoms with Gasteiger partial charge in [0.15, 0.2) is 0 Å². The van der Waals surface area contributed by atoms with E-state index < -0.39 is 6.03 Å². The maximum Gasteiger partial charge on any atom is 0.312 e. The van der Waals surface area contributed by atoms with Crippen LogP contribution in [-0.2, 0) is 13.1 Å². The highest BCUT2D eigenvalue weighted by Crippen LogP contribution is 2.13. The number of nitrogens with one attached hydrogen (secondary N) is 1. The zero-order chi connectivity index (χ0) is 16.8. The van der Waals surface area contributed by atoms with E-state index in [9.17, 15) is 9.59 Å². The zero-order valence-electron chi connectivity index (χ0n) is 13.4. The van der Waals surface area contributed by atoms with Crippen LogP contribution in [0, 0.1) is 6.92 Å². The van der Waals surface area contributed by atoms with E-state index in [4.69, 9.17) is 5.73 Å². The topological polar surface area (TPSA) is 75.4 Å². The van der Waals surface area contributed by atoms with E-state index >= 15 is 0 Å². The van der Waals surface area contributed by atoms with Crippen LogP contribution in [0.2, 0.25) is 0 Å². The largest absolute Gasteiger partial charge is 0.352 e. The summed E-state index contributed by atoms with van der Waals surface area (Å²) >= 11 is 0. The number of rotatable bonds is 5. The van der Waals surface area contributed by atoms with Crippen LogP contribution in [0.5, 0.6) is 0 Å². The minimum Gasteiger partial charge on any atom is -0.352 e. The molecule has 0 aliphatic carbocycles. The van der Waals surface area contributed by atoms with Crippen molar-refractivity contribution in [3.8, 4) is 0 Å². The van der Waals surface area contributed by atoms with Crippen LogP contribution in [0.4, 0.5) is 4.79 Å². The quantitative estimate of drug-likeness (QED) is 0.890. The normalized spacial score (nSPS) is 10.2. The Morgan fingerprint density at radius 3 is 2.35 bits per heavy atom. The van der Waals surface area contributed by atoms with Crippen molar-refractivity contribution in [2.24, 2.45) is 5.73 Å². The second-order valence-corrected chi connectivity index (χ2v) is 5.50. The molecule has 2 aromatic rings. The molecule has 0 saturated heterocycles. The summed E-state index contributed by atoms with van der Waals surface area (Å²) in [7, 11) is 1.79. The van der Waals surface area contributed by atoms with Gasteiger partial charge in [-0.15, -0.1) is 0 Å². The van der Waals surface area contributed by atoms with E-state index in [0.29, 0.717) is 18.7 Å². The number of carbonyl (C=O) groups is 2. The van der Waals surface area contributed by atoms with Gasteiger partial charge in [0.25, 0.3) is 5.91 Å². The second-order valence-electron chi connectivity index (χ2n) is 5.50. The molecule has 0 aliphatic rings. The Morgan fingerprint density at radius 1 is 1.09 bits per heavy atom. The zero-order valence-corrected chi connectivity index (χ0v) is 13.4. The van der Waals surface area contributed by atoms with Gasteiger partial charge in [0.1, 0.15) is 0 Å². The molecule has 0 fully saturated rings. The standard InChI is InChI=1S/C18H21N3O2/c1-13-5-3-4-6-16(13)12-21(2)17(22)15-9-7-14(8-10-15)11-20-18(19)23/h3-10H,11-12H2,1-2H3,(H3,19,20,23). The lowest BCUT2D eigenvalue weighted by Gasteiger charge is -2.18. The highest BCUT2D eigenvalue weighted by molar-refractivity contribution is 5.94. The molecule has 120 valence electrons. The fourth-order valence-corrected chi connectivity index (χ4v) is 2.29. The first kappa shape index (κ1) is 16.5. The highest BCUT2D eigenvalue weighted by atomic mass is 16.2. The molecule has 3 N–H and O–H groups in total. The van der Waals surface area contributed by atoms with Crippen molar-refractivity contribution < 1.29 is 9.59 Å². The van der Waals surface area contributed by atoms with Crippen LogP contribution in [0.15, 0.2) is 48.5 Å². The number of urea groups is 1. The summed E-state index contributed by atoms with van der Waals surface area (Å²) in [4.78, 5) is 24.9. The van der Waals surface area contributed by atoms with Crippen LogP contribution in [0.25, 0.3) is 0 Å². The molecule has 2 aromatic carbocycles. The minimum absolute atomic E-state index is 0.0392. The summed E-state index contributed by atoms with van der Waals surface area (Å²) in [5.41, 5.74) is 8.84. The van der Waals surface area contributed by atoms with Gasteiger partial charge in [0, 0.05) is 25.7 Å². The Bertz CT molecular complexity index is 696. The number of benzene rings is 2. The third-order valence-corrected chi connectivity index (χ3v) is 3.68. The first-order chi connectivity index (χ1) is 11.0. The molecule has 0 heterocycles. The van der Waals surface area contributed by atoms with Gasteiger partial charge in [-0.05, 0) is 35.7 Å². The van der Waals surface area contributed by atoms with Crippen molar-refractivity contribution in [3.63, 3.8) is 0 Å². The lowest BCUT2D eigenvalue weighted by molar-refractivity contribution is 0.0785. The summed E-state index contributed by atoms with van der Waals surface area (Å²) < 4.78 is 0. The molecule has 0 saturated carbocycles. The summed E-state index contributed by atoms with van der Waals surface area (Å²) in [5.74, 6) is -0.0392. The van der Waals surface area contributed by atoms with Gasteiger partial charge in [-0.2, -0.15) is 0 Å². The minimum atomic E-state index is -0.567. The predicted octanol–water partition coefficient (Wildman–Crippen LogP) is 2.44. The second kappa shape index (κ2) is 7.45. The molecule has 0 aliphatic heterocycles. The van der Waals surface area contributed by atoms with Gasteiger partial charge in [-0.25, -0.2) is 4.79 Å². The molecule has 3 amide bonds. The summed E-state index contributed by atoms with van der Waals surface area (Å²) in [6.45, 7) is 2.95. The number of carbonyl (C=O) groups excluding carboxylic acids is 2. The highest BCUT2D eigenvalue weighted by Gasteiger charge is 2.12. The van der Waals surface area contributed by atoms with Crippen LogP contribution >= 0.6 is 0 Å². The summed E-state index contributed by atoms with van der Waals surface area (Å²) in [6, 6.07) is 14.6. The number of hydrogen-bond acceptors (Lipinski definition) is 2. The molecular weight excluding hydrogens is 290 g/mol. The number of hydrogen-bond donors (Lipinski definition) is 2. The fourth-order valence-electron chi connectivity index (χ4n) is 2.29. The van der Waals surface area contributed by atoms with Crippen LogP contribution in [0.3, 0.4) is 0 Å². The van der Waals surface area contributed by atoms with E-state index in [1.807, 2.05) is 43.3 Å². The SMILES string of the molecule is Cc1ccccc1CN(C)C(=O)c1ccc(CNC(N)=O)cc1. The number of nitrogens with zero attached hydrogens (tertiary/aromatic N) is 1. The molecule has 5 heteroatoms. The first-order valence-electron chi connectivity index (χ1n) is 7.39. The average molecular weight is 311 g/mol. The Kier molecular flexibility index (Phi) is 5.36. The average Bonchev–Trinajstić information content (AvgIpc) is 2.54. The van der Waals surface area contributed by atoms with Crippen molar-refractivity contribution in [2.45, 2.75) is 20.0 Å². The maximum absolute atomic E-state index is 12.5. The van der Waals surface area contributed by atoms with Crippen LogP contribution < -0.4 is 11.1 Å². The summed E-state index contributed by atoms with van der Waals surface area (Å²) in [5, 5.41) is 2.52. The van der Waals surface area contributed by atoms with Crippen molar-refractivity contribution in [2.75, 3.05) is 7.05 Å². The van der Waals surface area contributed by atoms with E-state index in [1.165, 1.54) is 5.56 Å². The number of aryl methyl sites for hydroxylation is 1. The summed E-state index contributed by atoms with van der Waals surface area (Å²) in [6.07, 6.45) is 0. The lowest BCUT2D eigenvalue weighted by atomic mass is 10.1. The molecule has 0 unspecified atom stereocenters. The Labute approximate surface area is 136 Å².